The van der Waals surface area contributed by atoms with Crippen LogP contribution in [0.3, 0.4) is 0 Å². The third-order valence-corrected chi connectivity index (χ3v) is 5.48. The van der Waals surface area contributed by atoms with Crippen LogP contribution in [-0.4, -0.2) is 31.4 Å². The van der Waals surface area contributed by atoms with E-state index in [0.29, 0.717) is 25.2 Å². The van der Waals surface area contributed by atoms with Gasteiger partial charge in [0.2, 0.25) is 10.0 Å². The van der Waals surface area contributed by atoms with Gasteiger partial charge < -0.3 is 5.11 Å². The molecule has 0 aromatic rings. The molecule has 1 fully saturated rings. The predicted octanol–water partition coefficient (Wildman–Crippen LogP) is 2.28. The summed E-state index contributed by atoms with van der Waals surface area (Å²) in [5.74, 6) is 0.516. The number of nitrogens with one attached hydrogen (secondary N) is 1. The zero-order valence-corrected chi connectivity index (χ0v) is 13.5. The topological polar surface area (TPSA) is 66.4 Å². The Morgan fingerprint density at radius 3 is 2.16 bits per heavy atom. The summed E-state index contributed by atoms with van der Waals surface area (Å²) >= 11 is 0. The highest BCUT2D eigenvalue weighted by Gasteiger charge is 2.37. The Morgan fingerprint density at radius 2 is 1.68 bits per heavy atom. The number of hydrogen-bond acceptors (Lipinski definition) is 3. The fraction of sp³-hybridized carbons (Fsp3) is 1.00. The van der Waals surface area contributed by atoms with Crippen LogP contribution in [0.2, 0.25) is 0 Å². The maximum absolute atomic E-state index is 11.8. The number of hydrogen-bond donors (Lipinski definition) is 2. The fourth-order valence-electron chi connectivity index (χ4n) is 2.28. The van der Waals surface area contributed by atoms with E-state index in [-0.39, 0.29) is 17.7 Å². The molecule has 0 aromatic heterocycles. The van der Waals surface area contributed by atoms with Crippen molar-refractivity contribution in [1.29, 1.82) is 0 Å². The van der Waals surface area contributed by atoms with Crippen LogP contribution in [0.5, 0.6) is 0 Å². The molecule has 0 spiro atoms. The first kappa shape index (κ1) is 16.9. The Kier molecular flexibility index (Phi) is 5.43. The zero-order chi connectivity index (χ0) is 14.7. The van der Waals surface area contributed by atoms with Gasteiger partial charge in [0.1, 0.15) is 0 Å². The predicted molar refractivity (Wildman–Crippen MR) is 78.4 cm³/mol. The molecule has 1 aliphatic carbocycles. The van der Waals surface area contributed by atoms with Crippen molar-refractivity contribution in [2.45, 2.75) is 65.4 Å². The average molecular weight is 291 g/mol. The van der Waals surface area contributed by atoms with Gasteiger partial charge in [-0.1, -0.05) is 27.7 Å². The van der Waals surface area contributed by atoms with Crippen LogP contribution in [0.1, 0.15) is 59.8 Å². The average Bonchev–Trinajstić information content (AvgIpc) is 2.29. The summed E-state index contributed by atoms with van der Waals surface area (Å²) in [6.45, 7) is 8.56. The number of aliphatic hydroxyl groups is 1. The monoisotopic (exact) mass is 291 g/mol. The molecule has 0 saturated heterocycles. The van der Waals surface area contributed by atoms with Gasteiger partial charge in [-0.25, -0.2) is 13.1 Å². The molecule has 1 rings (SSSR count). The smallest absolute Gasteiger partial charge is 0.211 e. The van der Waals surface area contributed by atoms with Gasteiger partial charge in [-0.05, 0) is 43.4 Å². The number of rotatable bonds is 6. The molecule has 0 aromatic carbocycles. The third kappa shape index (κ3) is 6.23. The molecule has 19 heavy (non-hydrogen) atoms. The number of sulfonamides is 1. The molecule has 4 nitrogen and oxygen atoms in total. The highest BCUT2D eigenvalue weighted by Crippen LogP contribution is 2.39. The summed E-state index contributed by atoms with van der Waals surface area (Å²) in [7, 11) is -3.25. The Hall–Kier alpha value is -0.130. The van der Waals surface area contributed by atoms with Crippen molar-refractivity contribution in [3.8, 4) is 0 Å². The molecule has 0 unspecified atom stereocenters. The first-order valence-corrected chi connectivity index (χ1v) is 8.89. The van der Waals surface area contributed by atoms with Gasteiger partial charge in [0.05, 0.1) is 11.4 Å². The van der Waals surface area contributed by atoms with E-state index in [2.05, 4.69) is 18.6 Å². The minimum Gasteiger partial charge on any atom is -0.389 e. The van der Waals surface area contributed by atoms with Crippen LogP contribution >= 0.6 is 0 Å². The van der Waals surface area contributed by atoms with Crippen LogP contribution in [-0.2, 0) is 10.0 Å². The standard InChI is InChI=1S/C14H29NO3S/c1-12(2)5-10-19(17,18)15-11-14(16)8-6-13(3,4)7-9-14/h12,15-16H,5-11H2,1-4H3. The van der Waals surface area contributed by atoms with E-state index in [4.69, 9.17) is 0 Å². The summed E-state index contributed by atoms with van der Waals surface area (Å²) in [5, 5.41) is 10.4. The highest BCUT2D eigenvalue weighted by atomic mass is 32.2. The second-order valence-electron chi connectivity index (χ2n) is 7.21. The van der Waals surface area contributed by atoms with Crippen molar-refractivity contribution in [3.63, 3.8) is 0 Å². The molecular formula is C14H29NO3S. The van der Waals surface area contributed by atoms with Crippen molar-refractivity contribution in [1.82, 2.24) is 4.72 Å². The molecule has 0 bridgehead atoms. The summed E-state index contributed by atoms with van der Waals surface area (Å²) < 4.78 is 26.2. The van der Waals surface area contributed by atoms with E-state index in [0.717, 1.165) is 12.8 Å². The first-order chi connectivity index (χ1) is 8.54. The van der Waals surface area contributed by atoms with Crippen LogP contribution in [0, 0.1) is 11.3 Å². The second kappa shape index (κ2) is 6.10. The van der Waals surface area contributed by atoms with E-state index in [1.165, 1.54) is 0 Å². The van der Waals surface area contributed by atoms with Crippen molar-refractivity contribution < 1.29 is 13.5 Å². The minimum absolute atomic E-state index is 0.145. The highest BCUT2D eigenvalue weighted by molar-refractivity contribution is 7.89. The fourth-order valence-corrected chi connectivity index (χ4v) is 3.69. The van der Waals surface area contributed by atoms with Gasteiger partial charge in [-0.15, -0.1) is 0 Å². The Morgan fingerprint density at radius 1 is 1.16 bits per heavy atom. The lowest BCUT2D eigenvalue weighted by Gasteiger charge is -2.40. The van der Waals surface area contributed by atoms with Crippen molar-refractivity contribution in [2.75, 3.05) is 12.3 Å². The third-order valence-electron chi connectivity index (χ3n) is 4.12. The molecule has 1 saturated carbocycles. The SMILES string of the molecule is CC(C)CCS(=O)(=O)NCC1(O)CCC(C)(C)CC1. The molecule has 114 valence electrons. The van der Waals surface area contributed by atoms with Gasteiger partial charge in [0, 0.05) is 6.54 Å². The minimum atomic E-state index is -3.25. The Labute approximate surface area is 118 Å². The molecule has 2 N–H and O–H groups in total. The molecule has 5 heteroatoms. The molecule has 0 amide bonds. The molecule has 0 atom stereocenters. The lowest BCUT2D eigenvalue weighted by Crippen LogP contribution is -2.47. The summed E-state index contributed by atoms with van der Waals surface area (Å²) in [5.41, 5.74) is -0.594. The lowest BCUT2D eigenvalue weighted by atomic mass is 9.71. The Bertz CT molecular complexity index is 377. The van der Waals surface area contributed by atoms with Gasteiger partial charge in [0.25, 0.3) is 0 Å². The van der Waals surface area contributed by atoms with Crippen LogP contribution in [0.25, 0.3) is 0 Å². The van der Waals surface area contributed by atoms with Crippen molar-refractivity contribution >= 4 is 10.0 Å². The Balaban J connectivity index is 2.43. The van der Waals surface area contributed by atoms with Gasteiger partial charge >= 0.3 is 0 Å². The first-order valence-electron chi connectivity index (χ1n) is 7.23. The largest absolute Gasteiger partial charge is 0.389 e. The van der Waals surface area contributed by atoms with Crippen LogP contribution < -0.4 is 4.72 Å². The van der Waals surface area contributed by atoms with E-state index < -0.39 is 15.6 Å². The normalized spacial score (nSPS) is 22.6. The van der Waals surface area contributed by atoms with E-state index in [1.54, 1.807) is 0 Å². The summed E-state index contributed by atoms with van der Waals surface area (Å²) in [4.78, 5) is 0. The maximum Gasteiger partial charge on any atom is 0.211 e. The summed E-state index contributed by atoms with van der Waals surface area (Å²) in [6, 6.07) is 0. The summed E-state index contributed by atoms with van der Waals surface area (Å²) in [6.07, 6.45) is 3.88. The quantitative estimate of drug-likeness (QED) is 0.789. The molecule has 0 radical (unpaired) electrons. The molecule has 0 aliphatic heterocycles. The van der Waals surface area contributed by atoms with Crippen molar-refractivity contribution in [3.05, 3.63) is 0 Å². The lowest BCUT2D eigenvalue weighted by molar-refractivity contribution is -0.0205. The van der Waals surface area contributed by atoms with Gasteiger partial charge in [-0.2, -0.15) is 0 Å². The van der Waals surface area contributed by atoms with E-state index in [1.807, 2.05) is 13.8 Å². The zero-order valence-electron chi connectivity index (χ0n) is 12.7. The maximum atomic E-state index is 11.8. The van der Waals surface area contributed by atoms with Gasteiger partial charge in [0.15, 0.2) is 0 Å². The molecule has 1 aliphatic rings. The van der Waals surface area contributed by atoms with Gasteiger partial charge in [-0.3, -0.25) is 0 Å². The van der Waals surface area contributed by atoms with Crippen molar-refractivity contribution in [2.24, 2.45) is 11.3 Å². The molecular weight excluding hydrogens is 262 g/mol. The van der Waals surface area contributed by atoms with E-state index in [9.17, 15) is 13.5 Å². The molecule has 0 heterocycles. The van der Waals surface area contributed by atoms with Crippen LogP contribution in [0.4, 0.5) is 0 Å². The van der Waals surface area contributed by atoms with E-state index >= 15 is 0 Å². The second-order valence-corrected chi connectivity index (χ2v) is 9.14. The van der Waals surface area contributed by atoms with Crippen LogP contribution in [0.15, 0.2) is 0 Å².